The molecule has 4 aromatic rings. The zero-order valence-corrected chi connectivity index (χ0v) is 20.1. The monoisotopic (exact) mass is 541 g/mol. The highest BCUT2D eigenvalue weighted by atomic mass is 35.5. The van der Waals surface area contributed by atoms with Crippen LogP contribution in [0.4, 0.5) is 16.3 Å². The van der Waals surface area contributed by atoms with Crippen molar-refractivity contribution in [3.05, 3.63) is 66.6 Å². The van der Waals surface area contributed by atoms with Gasteiger partial charge in [-0.2, -0.15) is 0 Å². The lowest BCUT2D eigenvalue weighted by Crippen LogP contribution is -2.35. The fourth-order valence-corrected chi connectivity index (χ4v) is 5.65. The summed E-state index contributed by atoms with van der Waals surface area (Å²) in [5.74, 6) is -0.241. The maximum Gasteiger partial charge on any atom is 0.334 e. The summed E-state index contributed by atoms with van der Waals surface area (Å²) in [5, 5.41) is 12.9. The van der Waals surface area contributed by atoms with E-state index < -0.39 is 27.3 Å². The van der Waals surface area contributed by atoms with Crippen molar-refractivity contribution in [2.45, 2.75) is 4.21 Å². The number of thiophene rings is 1. The van der Waals surface area contributed by atoms with Crippen LogP contribution in [0.1, 0.15) is 0 Å². The first-order valence-electron chi connectivity index (χ1n) is 9.18. The quantitative estimate of drug-likeness (QED) is 0.298. The third-order valence-corrected chi connectivity index (χ3v) is 8.09. The van der Waals surface area contributed by atoms with E-state index in [0.717, 1.165) is 10.6 Å². The van der Waals surface area contributed by atoms with Crippen molar-refractivity contribution in [3.8, 4) is 5.82 Å². The summed E-state index contributed by atoms with van der Waals surface area (Å²) in [6.45, 7) is 0. The predicted molar refractivity (Wildman–Crippen MR) is 129 cm³/mol. The summed E-state index contributed by atoms with van der Waals surface area (Å²) in [6, 6.07) is 7.34. The number of anilines is 2. The van der Waals surface area contributed by atoms with Crippen LogP contribution in [0.5, 0.6) is 0 Å². The molecule has 2 amide bonds. The minimum absolute atomic E-state index is 0.0373. The number of nitrogens with zero attached hydrogens (tertiary/aromatic N) is 3. The molecule has 0 aliphatic rings. The van der Waals surface area contributed by atoms with Gasteiger partial charge >= 0.3 is 11.7 Å². The van der Waals surface area contributed by atoms with Crippen LogP contribution in [-0.2, 0) is 10.0 Å². The van der Waals surface area contributed by atoms with Gasteiger partial charge in [-0.05, 0) is 36.4 Å². The molecule has 34 heavy (non-hydrogen) atoms. The Balaban J connectivity index is 1.55. The molecule has 4 N–H and O–H groups in total. The predicted octanol–water partition coefficient (Wildman–Crippen LogP) is 2.39. The van der Waals surface area contributed by atoms with E-state index in [1.54, 1.807) is 30.0 Å². The fraction of sp³-hybridized carbons (Fsp3) is 0.0556. The number of carbonyl (C=O) groups is 1. The Morgan fingerprint density at radius 1 is 1.12 bits per heavy atom. The summed E-state index contributed by atoms with van der Waals surface area (Å²) >= 11 is 12.2. The number of sulfonamides is 1. The normalized spacial score (nSPS) is 11.4. The zero-order valence-electron chi connectivity index (χ0n) is 16.9. The Hall–Kier alpha value is -3.46. The molecule has 0 aliphatic heterocycles. The Labute approximate surface area is 204 Å². The number of nitrogens with one attached hydrogen (secondary N) is 4. The number of aromatic nitrogens is 4. The second-order valence-electron chi connectivity index (χ2n) is 6.60. The van der Waals surface area contributed by atoms with E-state index in [1.165, 1.54) is 12.1 Å². The van der Waals surface area contributed by atoms with Crippen LogP contribution >= 0.6 is 34.5 Å². The zero-order chi connectivity index (χ0) is 24.6. The molecule has 0 aliphatic carbocycles. The standard InChI is InChI=1S/C18H13Cl2N7O5S2/c1-21-8-2-3-9-11(6-8)22-18(30)27(16(9)28)13-5-4-12(24-25-13)23-17(29)26-34(31,32)14-7-10(19)15(20)33-14/h2-7,21H,1H3,(H,22,30)(H2,23,24,26,29). The lowest BCUT2D eigenvalue weighted by atomic mass is 10.2. The molecule has 0 fully saturated rings. The second-order valence-corrected chi connectivity index (χ2v) is 10.6. The van der Waals surface area contributed by atoms with Crippen LogP contribution < -0.4 is 26.6 Å². The number of rotatable bonds is 5. The maximum absolute atomic E-state index is 12.8. The van der Waals surface area contributed by atoms with Gasteiger partial charge in [0.05, 0.1) is 15.9 Å². The summed E-state index contributed by atoms with van der Waals surface area (Å²) in [7, 11) is -2.52. The van der Waals surface area contributed by atoms with Crippen molar-refractivity contribution < 1.29 is 13.2 Å². The molecule has 3 aromatic heterocycles. The van der Waals surface area contributed by atoms with Gasteiger partial charge in [0, 0.05) is 12.7 Å². The largest absolute Gasteiger partial charge is 0.388 e. The number of aromatic amines is 1. The molecule has 0 spiro atoms. The number of hydrogen-bond acceptors (Lipinski definition) is 9. The first-order valence-corrected chi connectivity index (χ1v) is 12.2. The van der Waals surface area contributed by atoms with E-state index in [9.17, 15) is 22.8 Å². The minimum atomic E-state index is -4.23. The van der Waals surface area contributed by atoms with Crippen molar-refractivity contribution in [1.29, 1.82) is 0 Å². The molecule has 0 bridgehead atoms. The number of benzene rings is 1. The van der Waals surface area contributed by atoms with Gasteiger partial charge in [0.15, 0.2) is 11.6 Å². The molecule has 0 atom stereocenters. The molecule has 4 rings (SSSR count). The highest BCUT2D eigenvalue weighted by molar-refractivity contribution is 7.92. The number of fused-ring (bicyclic) bond motifs is 1. The van der Waals surface area contributed by atoms with Gasteiger partial charge in [0.25, 0.3) is 15.6 Å². The minimum Gasteiger partial charge on any atom is -0.388 e. The lowest BCUT2D eigenvalue weighted by molar-refractivity contribution is 0.256. The topological polar surface area (TPSA) is 168 Å². The maximum atomic E-state index is 12.8. The molecule has 3 heterocycles. The van der Waals surface area contributed by atoms with Crippen molar-refractivity contribution in [3.63, 3.8) is 0 Å². The SMILES string of the molecule is CNc1ccc2c(=O)n(-c3ccc(NC(=O)NS(=O)(=O)c4cc(Cl)c(Cl)s4)nn3)c(=O)[nH]c2c1. The van der Waals surface area contributed by atoms with Gasteiger partial charge < -0.3 is 10.3 Å². The lowest BCUT2D eigenvalue weighted by Gasteiger charge is -2.08. The van der Waals surface area contributed by atoms with Crippen LogP contribution in [0.25, 0.3) is 16.7 Å². The van der Waals surface area contributed by atoms with Gasteiger partial charge in [-0.1, -0.05) is 23.2 Å². The smallest absolute Gasteiger partial charge is 0.334 e. The van der Waals surface area contributed by atoms with E-state index in [0.29, 0.717) is 22.5 Å². The first-order chi connectivity index (χ1) is 16.1. The number of amides is 2. The van der Waals surface area contributed by atoms with Crippen LogP contribution in [0.3, 0.4) is 0 Å². The number of H-pyrrole nitrogens is 1. The van der Waals surface area contributed by atoms with Gasteiger partial charge in [0.1, 0.15) is 8.55 Å². The van der Waals surface area contributed by atoms with Gasteiger partial charge in [-0.25, -0.2) is 27.3 Å². The Kier molecular flexibility index (Phi) is 6.31. The molecular formula is C18H13Cl2N7O5S2. The van der Waals surface area contributed by atoms with Crippen molar-refractivity contribution in [2.75, 3.05) is 17.7 Å². The van der Waals surface area contributed by atoms with Gasteiger partial charge in [-0.3, -0.25) is 10.1 Å². The molecule has 0 saturated heterocycles. The summed E-state index contributed by atoms with van der Waals surface area (Å²) < 4.78 is 26.9. The summed E-state index contributed by atoms with van der Waals surface area (Å²) in [5.41, 5.74) is -0.303. The van der Waals surface area contributed by atoms with E-state index in [2.05, 4.69) is 25.8 Å². The summed E-state index contributed by atoms with van der Waals surface area (Å²) in [6.07, 6.45) is 0. The highest BCUT2D eigenvalue weighted by Gasteiger charge is 2.22. The Bertz CT molecular complexity index is 1630. The number of urea groups is 1. The third kappa shape index (κ3) is 4.61. The van der Waals surface area contributed by atoms with E-state index >= 15 is 0 Å². The molecule has 0 unspecified atom stereocenters. The van der Waals surface area contributed by atoms with Gasteiger partial charge in [0.2, 0.25) is 0 Å². The second kappa shape index (κ2) is 9.06. The molecule has 12 nitrogen and oxygen atoms in total. The average molecular weight is 542 g/mol. The molecule has 16 heteroatoms. The van der Waals surface area contributed by atoms with E-state index in [-0.39, 0.29) is 30.6 Å². The van der Waals surface area contributed by atoms with Crippen LogP contribution in [0, 0.1) is 0 Å². The molecule has 1 aromatic carbocycles. The molecule has 0 saturated carbocycles. The number of hydrogen-bond donors (Lipinski definition) is 4. The van der Waals surface area contributed by atoms with Crippen molar-refractivity contribution in [2.24, 2.45) is 0 Å². The molecular weight excluding hydrogens is 529 g/mol. The Morgan fingerprint density at radius 2 is 1.88 bits per heavy atom. The number of halogens is 2. The fourth-order valence-electron chi connectivity index (χ4n) is 2.87. The van der Waals surface area contributed by atoms with Gasteiger partial charge in [-0.15, -0.1) is 21.5 Å². The number of carbonyl (C=O) groups excluding carboxylic acids is 1. The molecule has 176 valence electrons. The highest BCUT2D eigenvalue weighted by Crippen LogP contribution is 2.34. The van der Waals surface area contributed by atoms with E-state index in [4.69, 9.17) is 23.2 Å². The van der Waals surface area contributed by atoms with Crippen LogP contribution in [0.15, 0.2) is 50.2 Å². The van der Waals surface area contributed by atoms with Crippen molar-refractivity contribution >= 4 is 73.0 Å². The van der Waals surface area contributed by atoms with Crippen molar-refractivity contribution in [1.82, 2.24) is 24.5 Å². The summed E-state index contributed by atoms with van der Waals surface area (Å²) in [4.78, 5) is 40.0. The Morgan fingerprint density at radius 3 is 2.50 bits per heavy atom. The first kappa shape index (κ1) is 23.7. The third-order valence-electron chi connectivity index (χ3n) is 4.42. The van der Waals surface area contributed by atoms with Crippen LogP contribution in [0.2, 0.25) is 9.36 Å². The van der Waals surface area contributed by atoms with Crippen LogP contribution in [-0.4, -0.2) is 41.2 Å². The average Bonchev–Trinajstić information content (AvgIpc) is 3.13. The van der Waals surface area contributed by atoms with E-state index in [1.807, 2.05) is 0 Å². The molecule has 0 radical (unpaired) electrons.